The maximum atomic E-state index is 11.1. The lowest BCUT2D eigenvalue weighted by Crippen LogP contribution is -2.45. The van der Waals surface area contributed by atoms with Crippen molar-refractivity contribution in [3.63, 3.8) is 0 Å². The molecule has 20 heavy (non-hydrogen) atoms. The van der Waals surface area contributed by atoms with Crippen molar-refractivity contribution in [2.75, 3.05) is 25.1 Å². The second kappa shape index (κ2) is 6.19. The first-order chi connectivity index (χ1) is 9.50. The molecule has 110 valence electrons. The SMILES string of the molecule is CC(O)(CNc1ncccc1C(=O)O)C1CCCOC1. The summed E-state index contributed by atoms with van der Waals surface area (Å²) in [5.41, 5.74) is -0.864. The van der Waals surface area contributed by atoms with Crippen molar-refractivity contribution in [1.29, 1.82) is 0 Å². The molecule has 0 spiro atoms. The fourth-order valence-corrected chi connectivity index (χ4v) is 2.36. The number of anilines is 1. The maximum absolute atomic E-state index is 11.1. The number of aromatic nitrogens is 1. The summed E-state index contributed by atoms with van der Waals surface area (Å²) in [7, 11) is 0. The number of carbonyl (C=O) groups is 1. The number of pyridine rings is 1. The van der Waals surface area contributed by atoms with Gasteiger partial charge in [-0.15, -0.1) is 0 Å². The third kappa shape index (κ3) is 3.46. The van der Waals surface area contributed by atoms with Crippen LogP contribution in [0.4, 0.5) is 5.82 Å². The van der Waals surface area contributed by atoms with E-state index in [4.69, 9.17) is 9.84 Å². The number of rotatable bonds is 5. The lowest BCUT2D eigenvalue weighted by molar-refractivity contribution is -0.0598. The molecule has 1 aliphatic heterocycles. The smallest absolute Gasteiger partial charge is 0.339 e. The normalized spacial score (nSPS) is 22.0. The van der Waals surface area contributed by atoms with Gasteiger partial charge in [0.1, 0.15) is 11.4 Å². The summed E-state index contributed by atoms with van der Waals surface area (Å²) in [5, 5.41) is 22.5. The minimum Gasteiger partial charge on any atom is -0.478 e. The van der Waals surface area contributed by atoms with E-state index >= 15 is 0 Å². The molecule has 0 bridgehead atoms. The molecule has 2 heterocycles. The molecule has 1 aliphatic rings. The molecule has 0 radical (unpaired) electrons. The number of ether oxygens (including phenoxy) is 1. The summed E-state index contributed by atoms with van der Waals surface area (Å²) >= 11 is 0. The van der Waals surface area contributed by atoms with Crippen molar-refractivity contribution in [3.05, 3.63) is 23.9 Å². The van der Waals surface area contributed by atoms with Gasteiger partial charge in [-0.05, 0) is 31.9 Å². The van der Waals surface area contributed by atoms with E-state index in [1.807, 2.05) is 0 Å². The maximum Gasteiger partial charge on any atom is 0.339 e. The Labute approximate surface area is 117 Å². The van der Waals surface area contributed by atoms with E-state index in [1.165, 1.54) is 12.3 Å². The molecule has 3 N–H and O–H groups in total. The Morgan fingerprint density at radius 3 is 3.10 bits per heavy atom. The highest BCUT2D eigenvalue weighted by atomic mass is 16.5. The first-order valence-electron chi connectivity index (χ1n) is 6.73. The quantitative estimate of drug-likeness (QED) is 0.754. The van der Waals surface area contributed by atoms with Crippen LogP contribution in [0.3, 0.4) is 0 Å². The molecule has 0 aromatic carbocycles. The van der Waals surface area contributed by atoms with Crippen molar-refractivity contribution in [3.8, 4) is 0 Å². The Morgan fingerprint density at radius 1 is 1.65 bits per heavy atom. The Bertz CT molecular complexity index is 470. The van der Waals surface area contributed by atoms with Gasteiger partial charge in [-0.2, -0.15) is 0 Å². The van der Waals surface area contributed by atoms with E-state index in [1.54, 1.807) is 13.0 Å². The largest absolute Gasteiger partial charge is 0.478 e. The van der Waals surface area contributed by atoms with Crippen molar-refractivity contribution in [2.45, 2.75) is 25.4 Å². The van der Waals surface area contributed by atoms with Gasteiger partial charge in [0.25, 0.3) is 0 Å². The predicted octanol–water partition coefficient (Wildman–Crippen LogP) is 1.37. The molecule has 1 aromatic heterocycles. The third-order valence-electron chi connectivity index (χ3n) is 3.69. The molecule has 2 atom stereocenters. The molecule has 2 rings (SSSR count). The zero-order valence-corrected chi connectivity index (χ0v) is 11.5. The number of aromatic carboxylic acids is 1. The van der Waals surface area contributed by atoms with Gasteiger partial charge in [-0.3, -0.25) is 0 Å². The van der Waals surface area contributed by atoms with Gasteiger partial charge >= 0.3 is 5.97 Å². The number of carboxylic acids is 1. The highest BCUT2D eigenvalue weighted by Crippen LogP contribution is 2.26. The summed E-state index contributed by atoms with van der Waals surface area (Å²) in [6.45, 7) is 3.24. The van der Waals surface area contributed by atoms with Crippen LogP contribution in [-0.2, 0) is 4.74 Å². The van der Waals surface area contributed by atoms with Crippen LogP contribution in [0, 0.1) is 5.92 Å². The summed E-state index contributed by atoms with van der Waals surface area (Å²) in [6, 6.07) is 3.05. The zero-order valence-electron chi connectivity index (χ0n) is 11.5. The van der Waals surface area contributed by atoms with Crippen molar-refractivity contribution in [1.82, 2.24) is 4.98 Å². The topological polar surface area (TPSA) is 91.7 Å². The summed E-state index contributed by atoms with van der Waals surface area (Å²) in [4.78, 5) is 15.1. The van der Waals surface area contributed by atoms with Gasteiger partial charge in [0.15, 0.2) is 0 Å². The van der Waals surface area contributed by atoms with E-state index in [0.29, 0.717) is 6.61 Å². The van der Waals surface area contributed by atoms with E-state index in [9.17, 15) is 9.90 Å². The highest BCUT2D eigenvalue weighted by Gasteiger charge is 2.33. The van der Waals surface area contributed by atoms with Gasteiger partial charge in [0, 0.05) is 25.3 Å². The van der Waals surface area contributed by atoms with Gasteiger partial charge in [0.05, 0.1) is 12.2 Å². The number of hydrogen-bond donors (Lipinski definition) is 3. The first-order valence-corrected chi connectivity index (χ1v) is 6.73. The third-order valence-corrected chi connectivity index (χ3v) is 3.69. The number of carboxylic acid groups (broad SMARTS) is 1. The molecule has 1 saturated heterocycles. The lowest BCUT2D eigenvalue weighted by Gasteiger charge is -2.35. The van der Waals surface area contributed by atoms with Gasteiger partial charge in [-0.25, -0.2) is 9.78 Å². The number of aliphatic hydroxyl groups is 1. The van der Waals surface area contributed by atoms with Crippen LogP contribution in [0.15, 0.2) is 18.3 Å². The number of hydrogen-bond acceptors (Lipinski definition) is 5. The molecule has 0 amide bonds. The monoisotopic (exact) mass is 280 g/mol. The molecule has 1 aromatic rings. The first kappa shape index (κ1) is 14.7. The van der Waals surface area contributed by atoms with Crippen LogP contribution >= 0.6 is 0 Å². The number of nitrogens with zero attached hydrogens (tertiary/aromatic N) is 1. The minimum atomic E-state index is -1.04. The van der Waals surface area contributed by atoms with Crippen molar-refractivity contribution >= 4 is 11.8 Å². The van der Waals surface area contributed by atoms with Crippen LogP contribution in [0.2, 0.25) is 0 Å². The van der Waals surface area contributed by atoms with Crippen LogP contribution in [0.5, 0.6) is 0 Å². The minimum absolute atomic E-state index is 0.0424. The molecule has 2 unspecified atom stereocenters. The molecule has 6 heteroatoms. The summed E-state index contributed by atoms with van der Waals surface area (Å²) in [6.07, 6.45) is 3.36. The van der Waals surface area contributed by atoms with Crippen LogP contribution in [0.25, 0.3) is 0 Å². The zero-order chi connectivity index (χ0) is 14.6. The van der Waals surface area contributed by atoms with Gasteiger partial charge in [0.2, 0.25) is 0 Å². The highest BCUT2D eigenvalue weighted by molar-refractivity contribution is 5.92. The summed E-state index contributed by atoms with van der Waals surface area (Å²) < 4.78 is 5.38. The van der Waals surface area contributed by atoms with Gasteiger partial charge in [-0.1, -0.05) is 0 Å². The second-order valence-electron chi connectivity index (χ2n) is 5.33. The second-order valence-corrected chi connectivity index (χ2v) is 5.33. The Kier molecular flexibility index (Phi) is 4.57. The average molecular weight is 280 g/mol. The Hall–Kier alpha value is -1.66. The molecular formula is C14H20N2O4. The fourth-order valence-electron chi connectivity index (χ4n) is 2.36. The van der Waals surface area contributed by atoms with Crippen LogP contribution < -0.4 is 5.32 Å². The molecule has 1 fully saturated rings. The van der Waals surface area contributed by atoms with Gasteiger partial charge < -0.3 is 20.3 Å². The summed E-state index contributed by atoms with van der Waals surface area (Å²) in [5.74, 6) is -0.723. The molecule has 6 nitrogen and oxygen atoms in total. The fraction of sp³-hybridized carbons (Fsp3) is 0.571. The number of nitrogens with one attached hydrogen (secondary N) is 1. The van der Waals surface area contributed by atoms with E-state index < -0.39 is 11.6 Å². The van der Waals surface area contributed by atoms with E-state index in [0.717, 1.165) is 19.4 Å². The van der Waals surface area contributed by atoms with Crippen molar-refractivity contribution in [2.24, 2.45) is 5.92 Å². The molecule has 0 saturated carbocycles. The lowest BCUT2D eigenvalue weighted by atomic mass is 9.85. The van der Waals surface area contributed by atoms with Crippen molar-refractivity contribution < 1.29 is 19.7 Å². The molecular weight excluding hydrogens is 260 g/mol. The standard InChI is InChI=1S/C14H20N2O4/c1-14(19,10-4-3-7-20-8-10)9-16-12-11(13(17)18)5-2-6-15-12/h2,5-6,10,19H,3-4,7-9H2,1H3,(H,15,16)(H,17,18). The molecule has 0 aliphatic carbocycles. The average Bonchev–Trinajstić information content (AvgIpc) is 2.46. The van der Waals surface area contributed by atoms with E-state index in [-0.39, 0.29) is 23.8 Å². The Morgan fingerprint density at radius 2 is 2.45 bits per heavy atom. The van der Waals surface area contributed by atoms with E-state index in [2.05, 4.69) is 10.3 Å². The predicted molar refractivity (Wildman–Crippen MR) is 73.9 cm³/mol. The van der Waals surface area contributed by atoms with Crippen LogP contribution in [-0.4, -0.2) is 46.5 Å². The van der Waals surface area contributed by atoms with Crippen LogP contribution in [0.1, 0.15) is 30.1 Å². The Balaban J connectivity index is 2.02.